The van der Waals surface area contributed by atoms with Gasteiger partial charge in [0.05, 0.1) is 28.8 Å². The monoisotopic (exact) mass is 837 g/mol. The van der Waals surface area contributed by atoms with Crippen LogP contribution in [0.25, 0.3) is 0 Å². The van der Waals surface area contributed by atoms with E-state index in [0.29, 0.717) is 19.3 Å². The summed E-state index contributed by atoms with van der Waals surface area (Å²) in [5, 5.41) is 19.4. The van der Waals surface area contributed by atoms with Crippen molar-refractivity contribution < 1.29 is 42.0 Å². The highest BCUT2D eigenvalue weighted by atomic mass is 32.2. The molecule has 18 nitrogen and oxygen atoms in total. The van der Waals surface area contributed by atoms with E-state index in [2.05, 4.69) is 25.9 Å². The second-order valence-electron chi connectivity index (χ2n) is 15.2. The molecule has 19 heteroatoms. The van der Waals surface area contributed by atoms with Gasteiger partial charge in [0, 0.05) is 12.4 Å². The number of carbonyl (C=O) groups is 7. The van der Waals surface area contributed by atoms with Crippen LogP contribution in [0, 0.1) is 29.1 Å². The summed E-state index contributed by atoms with van der Waals surface area (Å²) < 4.78 is 28.7. The number of hydrogen-bond acceptors (Lipinski definition) is 13. The standard InChI is InChI=1S/C40H55N9O9S/c1-6-25(5)34(48-36(52)30(18-24(3)4)45-37(53)32-22-43-16-17-44-32)38(54)46-31(20-26-12-9-8-10-13-26)40(56)49(23-33(50)47-39(55)35(51)29(42)7-2)59(57,58)28-15-11-14-27(19-28)21-41/h11,14-17,19,22,24-26,29-31,34H,6-10,12-13,18,20,23,42H2,1-5H3,(H,45,53)(H,46,54)(H,48,52)(H,47,50,55)/t25-,29-,30-,31-,34-/m0/s1. The molecule has 0 unspecified atom stereocenters. The number of Topliss-reactive ketones (excluding diaryl/α,β-unsaturated/α-hetero) is 1. The number of nitrogens with zero attached hydrogens (tertiary/aromatic N) is 4. The van der Waals surface area contributed by atoms with Crippen molar-refractivity contribution in [2.45, 2.75) is 121 Å². The molecule has 0 bridgehead atoms. The fourth-order valence-corrected chi connectivity index (χ4v) is 8.00. The van der Waals surface area contributed by atoms with Gasteiger partial charge in [0.25, 0.3) is 27.7 Å². The molecule has 59 heavy (non-hydrogen) atoms. The molecule has 0 aliphatic heterocycles. The number of sulfonamides is 1. The Morgan fingerprint density at radius 2 is 1.63 bits per heavy atom. The summed E-state index contributed by atoms with van der Waals surface area (Å²) in [5.74, 6) is -8.01. The Balaban J connectivity index is 2.03. The molecule has 3 rings (SSSR count). The summed E-state index contributed by atoms with van der Waals surface area (Å²) in [7, 11) is -4.96. The summed E-state index contributed by atoms with van der Waals surface area (Å²) >= 11 is 0. The first-order valence-electron chi connectivity index (χ1n) is 19.8. The summed E-state index contributed by atoms with van der Waals surface area (Å²) in [4.78, 5) is 101. The average molecular weight is 838 g/mol. The molecule has 1 fully saturated rings. The van der Waals surface area contributed by atoms with Crippen LogP contribution in [0.4, 0.5) is 0 Å². The highest BCUT2D eigenvalue weighted by molar-refractivity contribution is 7.89. The molecular formula is C40H55N9O9S. The molecule has 1 saturated carbocycles. The normalized spacial score (nSPS) is 15.6. The quantitative estimate of drug-likeness (QED) is 0.119. The van der Waals surface area contributed by atoms with Crippen LogP contribution in [0.2, 0.25) is 0 Å². The van der Waals surface area contributed by atoms with Crippen LogP contribution in [-0.4, -0.2) is 94.6 Å². The molecule has 1 aromatic carbocycles. The Bertz CT molecular complexity index is 1980. The maximum absolute atomic E-state index is 14.7. The summed E-state index contributed by atoms with van der Waals surface area (Å²) in [5.41, 5.74) is 5.57. The van der Waals surface area contributed by atoms with Gasteiger partial charge >= 0.3 is 0 Å². The van der Waals surface area contributed by atoms with Crippen molar-refractivity contribution in [3.05, 3.63) is 54.1 Å². The lowest BCUT2D eigenvalue weighted by molar-refractivity contribution is -0.142. The van der Waals surface area contributed by atoms with Crippen LogP contribution >= 0.6 is 0 Å². The third kappa shape index (κ3) is 13.7. The van der Waals surface area contributed by atoms with Crippen LogP contribution in [0.5, 0.6) is 0 Å². The molecule has 1 aliphatic rings. The smallest absolute Gasteiger partial charge is 0.295 e. The second kappa shape index (κ2) is 22.5. The third-order valence-corrected chi connectivity index (χ3v) is 11.9. The Morgan fingerprint density at radius 1 is 0.932 bits per heavy atom. The molecule has 0 spiro atoms. The van der Waals surface area contributed by atoms with E-state index < -0.39 is 92.8 Å². The van der Waals surface area contributed by atoms with Crippen LogP contribution in [-0.2, 0) is 38.8 Å². The van der Waals surface area contributed by atoms with E-state index in [9.17, 15) is 47.2 Å². The van der Waals surface area contributed by atoms with Gasteiger partial charge in [-0.15, -0.1) is 0 Å². The number of ketones is 1. The van der Waals surface area contributed by atoms with Crippen LogP contribution in [0.15, 0.2) is 47.8 Å². The second-order valence-corrected chi connectivity index (χ2v) is 17.0. The number of amides is 6. The Morgan fingerprint density at radius 3 is 2.22 bits per heavy atom. The number of carbonyl (C=O) groups excluding carboxylic acids is 7. The highest BCUT2D eigenvalue weighted by Gasteiger charge is 2.40. The molecule has 0 radical (unpaired) electrons. The number of imide groups is 1. The number of hydrogen-bond donors (Lipinski definition) is 5. The maximum Gasteiger partial charge on any atom is 0.295 e. The number of nitriles is 1. The first-order valence-corrected chi connectivity index (χ1v) is 21.2. The van der Waals surface area contributed by atoms with Gasteiger partial charge in [-0.05, 0) is 55.2 Å². The lowest BCUT2D eigenvalue weighted by Gasteiger charge is -2.32. The van der Waals surface area contributed by atoms with Crippen molar-refractivity contribution in [1.82, 2.24) is 35.5 Å². The summed E-state index contributed by atoms with van der Waals surface area (Å²) in [6.07, 6.45) is 8.49. The molecular weight excluding hydrogens is 783 g/mol. The third-order valence-electron chi connectivity index (χ3n) is 10.2. The number of benzene rings is 1. The van der Waals surface area contributed by atoms with Gasteiger partial charge in [-0.1, -0.05) is 79.2 Å². The Hall–Kier alpha value is -5.61. The van der Waals surface area contributed by atoms with Crippen LogP contribution in [0.1, 0.15) is 108 Å². The summed E-state index contributed by atoms with van der Waals surface area (Å²) in [6.45, 7) is 7.44. The van der Waals surface area contributed by atoms with E-state index in [-0.39, 0.29) is 46.7 Å². The largest absolute Gasteiger partial charge is 0.342 e. The van der Waals surface area contributed by atoms with Crippen LogP contribution in [0.3, 0.4) is 0 Å². The predicted molar refractivity (Wildman–Crippen MR) is 214 cm³/mol. The number of aromatic nitrogens is 2. The van der Waals surface area contributed by atoms with E-state index >= 15 is 0 Å². The van der Waals surface area contributed by atoms with Crippen molar-refractivity contribution in [1.29, 1.82) is 5.26 Å². The van der Waals surface area contributed by atoms with Crippen molar-refractivity contribution in [3.63, 3.8) is 0 Å². The SMILES string of the molecule is CC[C@H](N)C(=O)C(=O)NC(=O)CN(C(=O)[C@H](CC1CCCCC1)NC(=O)[C@@H](NC(=O)[C@H](CC(C)C)NC(=O)c1cnccn1)[C@@H](C)CC)S(=O)(=O)c1cccc(C#N)c1. The molecule has 1 aliphatic carbocycles. The van der Waals surface area contributed by atoms with Gasteiger partial charge in [0.15, 0.2) is 0 Å². The molecule has 6 N–H and O–H groups in total. The van der Waals surface area contributed by atoms with E-state index in [1.54, 1.807) is 20.8 Å². The molecule has 1 heterocycles. The lowest BCUT2D eigenvalue weighted by Crippen LogP contribution is -2.60. The van der Waals surface area contributed by atoms with Crippen molar-refractivity contribution in [3.8, 4) is 6.07 Å². The molecule has 2 aromatic rings. The van der Waals surface area contributed by atoms with E-state index in [1.165, 1.54) is 30.7 Å². The van der Waals surface area contributed by atoms with Gasteiger partial charge in [-0.25, -0.2) is 17.7 Å². The van der Waals surface area contributed by atoms with Crippen LogP contribution < -0.4 is 27.0 Å². The molecule has 320 valence electrons. The molecule has 0 saturated heterocycles. The zero-order valence-corrected chi connectivity index (χ0v) is 34.9. The van der Waals surface area contributed by atoms with Gasteiger partial charge in [-0.3, -0.25) is 43.9 Å². The molecule has 1 aromatic heterocycles. The Labute approximate surface area is 344 Å². The van der Waals surface area contributed by atoms with Gasteiger partial charge in [0.2, 0.25) is 23.5 Å². The lowest BCUT2D eigenvalue weighted by atomic mass is 9.84. The van der Waals surface area contributed by atoms with E-state index in [1.807, 2.05) is 25.2 Å². The van der Waals surface area contributed by atoms with Gasteiger partial charge < -0.3 is 21.7 Å². The first-order chi connectivity index (χ1) is 27.9. The number of rotatable bonds is 20. The average Bonchev–Trinajstić information content (AvgIpc) is 3.23. The fraction of sp³-hybridized carbons (Fsp3) is 0.550. The van der Waals surface area contributed by atoms with Gasteiger partial charge in [0.1, 0.15) is 30.4 Å². The fourth-order valence-electron chi connectivity index (χ4n) is 6.57. The number of nitrogens with one attached hydrogen (secondary N) is 4. The molecule has 5 atom stereocenters. The predicted octanol–water partition coefficient (Wildman–Crippen LogP) is 1.65. The first kappa shape index (κ1) is 47.8. The zero-order chi connectivity index (χ0) is 43.9. The van der Waals surface area contributed by atoms with E-state index in [0.717, 1.165) is 31.4 Å². The maximum atomic E-state index is 14.7. The number of nitrogens with two attached hydrogens (primary N) is 1. The van der Waals surface area contributed by atoms with Crippen molar-refractivity contribution in [2.24, 2.45) is 23.5 Å². The highest BCUT2D eigenvalue weighted by Crippen LogP contribution is 2.29. The minimum atomic E-state index is -4.96. The van der Waals surface area contributed by atoms with E-state index in [4.69, 9.17) is 5.73 Å². The minimum absolute atomic E-state index is 0.0256. The van der Waals surface area contributed by atoms with Crippen molar-refractivity contribution in [2.75, 3.05) is 6.54 Å². The summed E-state index contributed by atoms with van der Waals surface area (Å²) in [6, 6.07) is 1.37. The van der Waals surface area contributed by atoms with Gasteiger partial charge in [-0.2, -0.15) is 5.26 Å². The van der Waals surface area contributed by atoms with Crippen molar-refractivity contribution >= 4 is 51.2 Å². The molecule has 6 amide bonds. The minimum Gasteiger partial charge on any atom is -0.342 e. The Kier molecular flexibility index (Phi) is 18.2. The zero-order valence-electron chi connectivity index (χ0n) is 34.1. The topological polar surface area (TPSA) is 281 Å².